The molecule has 2 aromatic carbocycles. The predicted octanol–water partition coefficient (Wildman–Crippen LogP) is 6.88. The number of hydrogen-bond donors (Lipinski definition) is 0. The van der Waals surface area contributed by atoms with Gasteiger partial charge in [0.1, 0.15) is 0 Å². The van der Waals surface area contributed by atoms with Crippen LogP contribution in [-0.4, -0.2) is 29.9 Å². The van der Waals surface area contributed by atoms with Crippen molar-refractivity contribution in [3.63, 3.8) is 0 Å². The molecule has 0 radical (unpaired) electrons. The molecule has 0 saturated carbocycles. The van der Waals surface area contributed by atoms with Gasteiger partial charge >= 0.3 is 190 Å². The van der Waals surface area contributed by atoms with Crippen LogP contribution in [-0.2, 0) is 0 Å². The predicted molar refractivity (Wildman–Crippen MR) is 133 cm³/mol. The summed E-state index contributed by atoms with van der Waals surface area (Å²) in [7, 11) is 0. The van der Waals surface area contributed by atoms with E-state index in [1.54, 1.807) is 18.7 Å². The molecule has 0 aliphatic rings. The Kier molecular flexibility index (Phi) is 7.33. The summed E-state index contributed by atoms with van der Waals surface area (Å²) in [5.74, 6) is 0. The molecule has 2 aromatic heterocycles. The van der Waals surface area contributed by atoms with Gasteiger partial charge in [0.05, 0.1) is 0 Å². The second-order valence-corrected chi connectivity index (χ2v) is 13.7. The van der Waals surface area contributed by atoms with Crippen LogP contribution in [0.25, 0.3) is 29.9 Å². The average molecular weight is 537 g/mol. The van der Waals surface area contributed by atoms with Crippen molar-refractivity contribution in [2.75, 3.05) is 0 Å². The standard InChI is InChI=1S/C24H26S2Se2/c1-3-5-15-27-23-17-11-7-9-13-19(17)25-21(23)22-24(28-16-6-4-2)18-12-8-10-14-20(18)26-22/h7-14H,3-6,15-16H2,1-2H3. The Labute approximate surface area is 189 Å². The molecule has 0 bridgehead atoms. The molecule has 0 unspecified atom stereocenters. The van der Waals surface area contributed by atoms with Gasteiger partial charge in [-0.25, -0.2) is 0 Å². The minimum absolute atomic E-state index is 0.564. The van der Waals surface area contributed by atoms with Crippen molar-refractivity contribution >= 4 is 81.7 Å². The first kappa shape index (κ1) is 20.7. The van der Waals surface area contributed by atoms with Crippen LogP contribution in [0, 0.1) is 0 Å². The third kappa shape index (κ3) is 4.29. The maximum absolute atomic E-state index is 2.35. The summed E-state index contributed by atoms with van der Waals surface area (Å²) < 4.78 is 6.27. The van der Waals surface area contributed by atoms with Gasteiger partial charge in [-0.3, -0.25) is 0 Å². The molecule has 0 nitrogen and oxygen atoms in total. The van der Waals surface area contributed by atoms with Crippen molar-refractivity contribution in [3.8, 4) is 9.75 Å². The van der Waals surface area contributed by atoms with E-state index in [2.05, 4.69) is 62.4 Å². The zero-order valence-electron chi connectivity index (χ0n) is 16.5. The maximum atomic E-state index is 2.35. The Morgan fingerprint density at radius 3 is 1.50 bits per heavy atom. The van der Waals surface area contributed by atoms with Gasteiger partial charge in [-0.2, -0.15) is 0 Å². The summed E-state index contributed by atoms with van der Waals surface area (Å²) in [6.07, 6.45) is 5.30. The number of fused-ring (bicyclic) bond motifs is 2. The summed E-state index contributed by atoms with van der Waals surface area (Å²) in [6.45, 7) is 4.62. The van der Waals surface area contributed by atoms with E-state index in [4.69, 9.17) is 0 Å². The van der Waals surface area contributed by atoms with Crippen LogP contribution in [0.5, 0.6) is 0 Å². The Bertz CT molecular complexity index is 975. The monoisotopic (exact) mass is 538 g/mol. The molecule has 28 heavy (non-hydrogen) atoms. The molecule has 4 aromatic rings. The number of hydrogen-bond acceptors (Lipinski definition) is 2. The van der Waals surface area contributed by atoms with E-state index < -0.39 is 0 Å². The fourth-order valence-electron chi connectivity index (χ4n) is 3.27. The SMILES string of the molecule is CCCC[Se]c1c(-c2sc3ccccc3c2[Se]CCCC)sc2ccccc12. The van der Waals surface area contributed by atoms with E-state index >= 15 is 0 Å². The number of rotatable bonds is 9. The average Bonchev–Trinajstić information content (AvgIpc) is 3.27. The zero-order valence-corrected chi connectivity index (χ0v) is 21.6. The summed E-state index contributed by atoms with van der Waals surface area (Å²) in [5.41, 5.74) is 0. The quantitative estimate of drug-likeness (QED) is 0.162. The molecule has 0 saturated heterocycles. The van der Waals surface area contributed by atoms with Crippen molar-refractivity contribution in [1.29, 1.82) is 0 Å². The first-order chi connectivity index (χ1) is 13.8. The molecular formula is C24H26S2Se2. The Morgan fingerprint density at radius 1 is 0.643 bits per heavy atom. The van der Waals surface area contributed by atoms with Crippen LogP contribution in [0.1, 0.15) is 39.5 Å². The van der Waals surface area contributed by atoms with Crippen LogP contribution >= 0.6 is 22.7 Å². The fraction of sp³-hybridized carbons (Fsp3) is 0.333. The normalized spacial score (nSPS) is 11.6. The molecule has 0 amide bonds. The van der Waals surface area contributed by atoms with E-state index in [1.165, 1.54) is 56.5 Å². The van der Waals surface area contributed by atoms with E-state index in [9.17, 15) is 0 Å². The van der Waals surface area contributed by atoms with Crippen LogP contribution in [0.15, 0.2) is 48.5 Å². The fourth-order valence-corrected chi connectivity index (χ4v) is 12.4. The molecule has 0 aliphatic carbocycles. The molecular weight excluding hydrogens is 510 g/mol. The molecule has 0 atom stereocenters. The van der Waals surface area contributed by atoms with E-state index in [0.717, 1.165) is 0 Å². The third-order valence-corrected chi connectivity index (χ3v) is 12.9. The van der Waals surface area contributed by atoms with Gasteiger partial charge in [-0.05, 0) is 0 Å². The number of benzene rings is 2. The van der Waals surface area contributed by atoms with Crippen molar-refractivity contribution in [2.24, 2.45) is 0 Å². The molecule has 0 fully saturated rings. The van der Waals surface area contributed by atoms with Gasteiger partial charge in [-0.1, -0.05) is 0 Å². The second-order valence-electron chi connectivity index (χ2n) is 6.92. The molecule has 4 rings (SSSR count). The molecule has 0 aliphatic heterocycles. The molecule has 4 heteroatoms. The first-order valence-corrected chi connectivity index (χ1v) is 15.9. The number of thiophene rings is 2. The summed E-state index contributed by atoms with van der Waals surface area (Å²) in [6, 6.07) is 18.2. The molecule has 2 heterocycles. The van der Waals surface area contributed by atoms with Crippen molar-refractivity contribution in [3.05, 3.63) is 48.5 Å². The van der Waals surface area contributed by atoms with E-state index in [0.29, 0.717) is 29.9 Å². The third-order valence-electron chi connectivity index (χ3n) is 4.79. The minimum atomic E-state index is 0.564. The zero-order chi connectivity index (χ0) is 19.3. The number of unbranched alkanes of at least 4 members (excludes halogenated alkanes) is 2. The van der Waals surface area contributed by atoms with Gasteiger partial charge in [0.15, 0.2) is 0 Å². The second kappa shape index (κ2) is 9.94. The molecule has 0 N–H and O–H groups in total. The van der Waals surface area contributed by atoms with Gasteiger partial charge in [0, 0.05) is 0 Å². The first-order valence-electron chi connectivity index (χ1n) is 10.1. The van der Waals surface area contributed by atoms with Gasteiger partial charge < -0.3 is 0 Å². The Balaban J connectivity index is 1.85. The van der Waals surface area contributed by atoms with Crippen LogP contribution in [0.4, 0.5) is 0 Å². The summed E-state index contributed by atoms with van der Waals surface area (Å²) in [5, 5.41) is 5.75. The molecule has 0 spiro atoms. The van der Waals surface area contributed by atoms with Crippen LogP contribution < -0.4 is 8.92 Å². The van der Waals surface area contributed by atoms with E-state index in [1.807, 2.05) is 22.7 Å². The summed E-state index contributed by atoms with van der Waals surface area (Å²) in [4.78, 5) is 3.18. The Hall–Kier alpha value is -0.601. The van der Waals surface area contributed by atoms with Crippen molar-refractivity contribution in [1.82, 2.24) is 0 Å². The van der Waals surface area contributed by atoms with E-state index in [-0.39, 0.29) is 0 Å². The van der Waals surface area contributed by atoms with Crippen molar-refractivity contribution < 1.29 is 0 Å². The van der Waals surface area contributed by atoms with Gasteiger partial charge in [-0.15, -0.1) is 0 Å². The van der Waals surface area contributed by atoms with Crippen LogP contribution in [0.3, 0.4) is 0 Å². The topological polar surface area (TPSA) is 0 Å². The van der Waals surface area contributed by atoms with Crippen LogP contribution in [0.2, 0.25) is 10.6 Å². The van der Waals surface area contributed by atoms with Gasteiger partial charge in [0.2, 0.25) is 0 Å². The van der Waals surface area contributed by atoms with Gasteiger partial charge in [0.25, 0.3) is 0 Å². The molecule has 146 valence electrons. The summed E-state index contributed by atoms with van der Waals surface area (Å²) >= 11 is 5.21. The Morgan fingerprint density at radius 2 is 1.07 bits per heavy atom. The van der Waals surface area contributed by atoms with Crippen molar-refractivity contribution in [2.45, 2.75) is 50.2 Å².